The van der Waals surface area contributed by atoms with Crippen molar-refractivity contribution in [3.8, 4) is 0 Å². The van der Waals surface area contributed by atoms with Gasteiger partial charge in [0, 0.05) is 0 Å². The van der Waals surface area contributed by atoms with Crippen molar-refractivity contribution in [2.24, 2.45) is 5.16 Å². The Labute approximate surface area is 93.0 Å². The zero-order chi connectivity index (χ0) is 11.8. The lowest BCUT2D eigenvalue weighted by Gasteiger charge is -2.02. The fourth-order valence-electron chi connectivity index (χ4n) is 0.937. The quantitative estimate of drug-likeness (QED) is 0.381. The fourth-order valence-corrected chi connectivity index (χ4v) is 0.937. The van der Waals surface area contributed by atoms with Crippen LogP contribution in [0.3, 0.4) is 0 Å². The average molecular weight is 207 g/mol. The van der Waals surface area contributed by atoms with Crippen LogP contribution in [0.2, 0.25) is 0 Å². The zero-order valence-corrected chi connectivity index (χ0v) is 10.4. The van der Waals surface area contributed by atoms with E-state index in [1.54, 1.807) is 0 Å². The van der Waals surface area contributed by atoms with Crippen LogP contribution in [0.15, 0.2) is 40.6 Å². The zero-order valence-electron chi connectivity index (χ0n) is 10.4. The molecule has 0 fully saturated rings. The van der Waals surface area contributed by atoms with E-state index in [9.17, 15) is 0 Å². The van der Waals surface area contributed by atoms with Crippen LogP contribution in [0.5, 0.6) is 0 Å². The van der Waals surface area contributed by atoms with Crippen LogP contribution in [0.1, 0.15) is 34.6 Å². The van der Waals surface area contributed by atoms with E-state index in [-0.39, 0.29) is 0 Å². The lowest BCUT2D eigenvalue weighted by Crippen LogP contribution is -1.96. The second-order valence-corrected chi connectivity index (χ2v) is 3.49. The minimum Gasteiger partial charge on any atom is -0.396 e. The molecule has 0 atom stereocenters. The number of hydrogen-bond donors (Lipinski definition) is 0. The molecule has 0 aliphatic heterocycles. The van der Waals surface area contributed by atoms with Gasteiger partial charge in [0.25, 0.3) is 0 Å². The van der Waals surface area contributed by atoms with Gasteiger partial charge in [-0.05, 0) is 51.3 Å². The summed E-state index contributed by atoms with van der Waals surface area (Å²) in [6.45, 7) is 14.3. The maximum Gasteiger partial charge on any atom is 0.114 e. The first-order valence-corrected chi connectivity index (χ1v) is 5.18. The molecule has 0 rings (SSSR count). The second-order valence-electron chi connectivity index (χ2n) is 3.49. The van der Waals surface area contributed by atoms with Gasteiger partial charge in [0.1, 0.15) is 6.61 Å². The van der Waals surface area contributed by atoms with Crippen molar-refractivity contribution in [3.05, 3.63) is 35.5 Å². The largest absolute Gasteiger partial charge is 0.396 e. The van der Waals surface area contributed by atoms with Gasteiger partial charge < -0.3 is 4.84 Å². The first kappa shape index (κ1) is 13.7. The lowest BCUT2D eigenvalue weighted by atomic mass is 10.1. The van der Waals surface area contributed by atoms with Crippen molar-refractivity contribution in [3.63, 3.8) is 0 Å². The second kappa shape index (κ2) is 7.04. The Kier molecular flexibility index (Phi) is 6.43. The molecule has 0 aromatic carbocycles. The first-order valence-electron chi connectivity index (χ1n) is 5.18. The third-order valence-electron chi connectivity index (χ3n) is 2.26. The van der Waals surface area contributed by atoms with E-state index >= 15 is 0 Å². The van der Waals surface area contributed by atoms with Crippen LogP contribution in [0.25, 0.3) is 0 Å². The number of oxime groups is 1. The van der Waals surface area contributed by atoms with Crippen LogP contribution in [-0.2, 0) is 4.84 Å². The van der Waals surface area contributed by atoms with Crippen molar-refractivity contribution >= 4 is 5.71 Å². The van der Waals surface area contributed by atoms with Crippen molar-refractivity contribution in [2.75, 3.05) is 6.61 Å². The van der Waals surface area contributed by atoms with Gasteiger partial charge in [-0.2, -0.15) is 0 Å². The Balaban J connectivity index is 4.77. The van der Waals surface area contributed by atoms with E-state index < -0.39 is 0 Å². The molecule has 0 saturated carbocycles. The van der Waals surface area contributed by atoms with Crippen molar-refractivity contribution in [1.29, 1.82) is 0 Å². The topological polar surface area (TPSA) is 21.6 Å². The van der Waals surface area contributed by atoms with E-state index in [0.717, 1.165) is 11.3 Å². The van der Waals surface area contributed by atoms with Crippen LogP contribution in [-0.4, -0.2) is 12.3 Å². The van der Waals surface area contributed by atoms with Crippen molar-refractivity contribution in [2.45, 2.75) is 34.6 Å². The maximum atomic E-state index is 5.00. The highest BCUT2D eigenvalue weighted by Gasteiger charge is 1.97. The Morgan fingerprint density at radius 3 is 2.27 bits per heavy atom. The van der Waals surface area contributed by atoms with E-state index in [1.807, 2.05) is 33.8 Å². The Bertz CT molecular complexity index is 308. The molecule has 0 bridgehead atoms. The molecule has 0 amide bonds. The third kappa shape index (κ3) is 5.21. The van der Waals surface area contributed by atoms with Crippen molar-refractivity contribution < 1.29 is 4.84 Å². The van der Waals surface area contributed by atoms with Gasteiger partial charge in [-0.15, -0.1) is 0 Å². The van der Waals surface area contributed by atoms with Gasteiger partial charge in [0.05, 0.1) is 5.71 Å². The number of nitrogens with zero attached hydrogens (tertiary/aromatic N) is 1. The van der Waals surface area contributed by atoms with Crippen LogP contribution < -0.4 is 0 Å². The molecule has 2 heteroatoms. The van der Waals surface area contributed by atoms with Gasteiger partial charge in [-0.25, -0.2) is 0 Å². The van der Waals surface area contributed by atoms with Gasteiger partial charge in [0.15, 0.2) is 0 Å². The van der Waals surface area contributed by atoms with Gasteiger partial charge >= 0.3 is 0 Å². The van der Waals surface area contributed by atoms with Crippen molar-refractivity contribution in [1.82, 2.24) is 0 Å². The minimum absolute atomic E-state index is 0.602. The standard InChI is InChI=1S/C13H21NO/c1-7-10(3)11(4)9-12(5)13(6)14-15-8-2/h7,9H,1,8H2,2-6H3/b11-10+,12-9+,14-13+. The van der Waals surface area contributed by atoms with Crippen LogP contribution >= 0.6 is 0 Å². The van der Waals surface area contributed by atoms with Gasteiger partial charge in [-0.3, -0.25) is 0 Å². The molecule has 0 spiro atoms. The Morgan fingerprint density at radius 2 is 1.80 bits per heavy atom. The number of allylic oxidation sites excluding steroid dienone is 5. The van der Waals surface area contributed by atoms with E-state index in [2.05, 4.69) is 24.7 Å². The Hall–Kier alpha value is -1.31. The maximum absolute atomic E-state index is 5.00. The summed E-state index contributed by atoms with van der Waals surface area (Å²) in [7, 11) is 0. The molecule has 0 aliphatic rings. The summed E-state index contributed by atoms with van der Waals surface area (Å²) in [4.78, 5) is 5.00. The lowest BCUT2D eigenvalue weighted by molar-refractivity contribution is 0.159. The average Bonchev–Trinajstić information content (AvgIpc) is 2.24. The van der Waals surface area contributed by atoms with Crippen LogP contribution in [0.4, 0.5) is 0 Å². The van der Waals surface area contributed by atoms with Gasteiger partial charge in [0.2, 0.25) is 0 Å². The molecule has 0 aromatic heterocycles. The summed E-state index contributed by atoms with van der Waals surface area (Å²) < 4.78 is 0. The SMILES string of the molecule is C=C/C(C)=C(C)/C=C(C)/C(C)=N/OCC. The molecule has 84 valence electrons. The van der Waals surface area contributed by atoms with Gasteiger partial charge in [-0.1, -0.05) is 23.9 Å². The highest BCUT2D eigenvalue weighted by atomic mass is 16.6. The molecule has 15 heavy (non-hydrogen) atoms. The molecule has 0 aliphatic carbocycles. The van der Waals surface area contributed by atoms with E-state index in [0.29, 0.717) is 6.61 Å². The molecular formula is C13H21NO. The third-order valence-corrected chi connectivity index (χ3v) is 2.26. The summed E-state index contributed by atoms with van der Waals surface area (Å²) >= 11 is 0. The molecule has 0 saturated heterocycles. The highest BCUT2D eigenvalue weighted by molar-refractivity contribution is 5.97. The molecule has 0 radical (unpaired) electrons. The predicted octanol–water partition coefficient (Wildman–Crippen LogP) is 3.87. The van der Waals surface area contributed by atoms with Crippen LogP contribution in [0, 0.1) is 0 Å². The number of hydrogen-bond acceptors (Lipinski definition) is 2. The summed E-state index contributed by atoms with van der Waals surface area (Å²) in [6.07, 6.45) is 3.95. The summed E-state index contributed by atoms with van der Waals surface area (Å²) in [5.41, 5.74) is 4.40. The van der Waals surface area contributed by atoms with E-state index in [4.69, 9.17) is 4.84 Å². The first-order chi connectivity index (χ1) is 7.02. The fraction of sp³-hybridized carbons (Fsp3) is 0.462. The molecular weight excluding hydrogens is 186 g/mol. The monoisotopic (exact) mass is 207 g/mol. The Morgan fingerprint density at radius 1 is 1.20 bits per heavy atom. The highest BCUT2D eigenvalue weighted by Crippen LogP contribution is 2.09. The predicted molar refractivity (Wildman–Crippen MR) is 67.1 cm³/mol. The molecule has 0 heterocycles. The molecule has 0 aromatic rings. The normalized spacial score (nSPS) is 14.7. The summed E-state index contributed by atoms with van der Waals surface area (Å²) in [5.74, 6) is 0. The summed E-state index contributed by atoms with van der Waals surface area (Å²) in [5, 5.41) is 3.98. The minimum atomic E-state index is 0.602. The molecule has 0 N–H and O–H groups in total. The summed E-state index contributed by atoms with van der Waals surface area (Å²) in [6, 6.07) is 0. The van der Waals surface area contributed by atoms with E-state index in [1.165, 1.54) is 11.1 Å². The number of rotatable bonds is 5. The smallest absolute Gasteiger partial charge is 0.114 e. The molecule has 0 unspecified atom stereocenters. The molecule has 2 nitrogen and oxygen atoms in total.